The molecule has 2 saturated heterocycles. The van der Waals surface area contributed by atoms with Gasteiger partial charge in [-0.3, -0.25) is 9.59 Å². The highest BCUT2D eigenvalue weighted by molar-refractivity contribution is 7.89. The first-order valence-electron chi connectivity index (χ1n) is 21.7. The van der Waals surface area contributed by atoms with Gasteiger partial charge in [0.25, 0.3) is 0 Å². The van der Waals surface area contributed by atoms with E-state index >= 15 is 0 Å². The van der Waals surface area contributed by atoms with E-state index in [2.05, 4.69) is 16.0 Å². The van der Waals surface area contributed by atoms with Crippen LogP contribution >= 0.6 is 11.3 Å². The fraction of sp³-hybridized carbons (Fsp3) is 0.591. The van der Waals surface area contributed by atoms with E-state index < -0.39 is 75.1 Å². The second-order valence-electron chi connectivity index (χ2n) is 18.3. The standard InChI is InChI=1S/C44H59N7O10S2/c1-26(2)45-41-47-34(25-62-41)33-21-36(30-16-15-28(59-6)19-32(30)46-33)60-29-20-35-38(52)49-44(40(54)55)22-27(44)13-10-8-7-9-11-14-31(39(53)51(35)23-29)48-42(56)61-37(43(3,4)5)24-50-17-12-18-63(50,57)58/h10,13,15-16,19,21,25-27,29,31,35,37H,7-9,11-12,14,17-18,20,22-24H2,1-6H3,(H,45,47)(H,48,56)(H,49,52)(H,54,55)/b13-10-/t27?,29-,31+,35+,37?,44-/m1/s1. The second kappa shape index (κ2) is 18.6. The zero-order chi connectivity index (χ0) is 45.3. The molecule has 19 heteroatoms. The number of fused-ring (bicyclic) bond motifs is 3. The summed E-state index contributed by atoms with van der Waals surface area (Å²) < 4.78 is 44.9. The maximum absolute atomic E-state index is 14.9. The minimum atomic E-state index is -3.48. The average Bonchev–Trinajstić information content (AvgIpc) is 3.49. The summed E-state index contributed by atoms with van der Waals surface area (Å²) in [5.41, 5.74) is -0.428. The highest BCUT2D eigenvalue weighted by atomic mass is 32.2. The summed E-state index contributed by atoms with van der Waals surface area (Å²) in [5.74, 6) is -1.70. The van der Waals surface area contributed by atoms with Gasteiger partial charge in [0.05, 0.1) is 37.2 Å². The number of aromatic nitrogens is 2. The van der Waals surface area contributed by atoms with Gasteiger partial charge in [-0.05, 0) is 58.1 Å². The fourth-order valence-electron chi connectivity index (χ4n) is 8.44. The summed E-state index contributed by atoms with van der Waals surface area (Å²) in [7, 11) is -1.91. The molecule has 63 heavy (non-hydrogen) atoms. The molecule has 0 radical (unpaired) electrons. The summed E-state index contributed by atoms with van der Waals surface area (Å²) in [5, 5.41) is 22.5. The average molecular weight is 910 g/mol. The SMILES string of the molecule is COc1ccc2c(O[C@@H]3C[C@H]4C(=O)N[C@]5(C(=O)O)CC5/C=C\CCCCC[C@H](NC(=O)OC(CN5CCCS5(=O)=O)C(C)(C)C)C(=O)N4C3)cc(-c3csc(NC(C)C)n3)nc2c1. The first-order chi connectivity index (χ1) is 29.9. The van der Waals surface area contributed by atoms with E-state index in [1.54, 1.807) is 25.3 Å². The molecule has 2 aromatic heterocycles. The Bertz CT molecular complexity index is 2350. The van der Waals surface area contributed by atoms with Crippen molar-refractivity contribution in [1.82, 2.24) is 29.8 Å². The van der Waals surface area contributed by atoms with Crippen molar-refractivity contribution in [1.29, 1.82) is 0 Å². The molecule has 4 aliphatic rings. The van der Waals surface area contributed by atoms with E-state index in [9.17, 15) is 32.7 Å². The predicted octanol–water partition coefficient (Wildman–Crippen LogP) is 5.56. The van der Waals surface area contributed by atoms with Gasteiger partial charge in [-0.25, -0.2) is 28.0 Å². The van der Waals surface area contributed by atoms with E-state index in [0.717, 1.165) is 18.0 Å². The van der Waals surface area contributed by atoms with Crippen molar-refractivity contribution in [2.75, 3.05) is 37.8 Å². The Kier molecular flexibility index (Phi) is 13.6. The lowest BCUT2D eigenvalue weighted by Crippen LogP contribution is -2.56. The number of allylic oxidation sites excluding steroid dienone is 1. The molecule has 17 nitrogen and oxygen atoms in total. The first kappa shape index (κ1) is 46.0. The molecule has 1 aliphatic carbocycles. The zero-order valence-electron chi connectivity index (χ0n) is 36.7. The second-order valence-corrected chi connectivity index (χ2v) is 21.3. The highest BCUT2D eigenvalue weighted by Gasteiger charge is 2.61. The molecule has 3 amide bonds. The van der Waals surface area contributed by atoms with Gasteiger partial charge in [0.1, 0.15) is 47.0 Å². The van der Waals surface area contributed by atoms with Crippen LogP contribution in [0.2, 0.25) is 0 Å². The first-order valence-corrected chi connectivity index (χ1v) is 24.2. The molecular formula is C44H59N7O10S2. The number of methoxy groups -OCH3 is 1. The molecule has 0 bridgehead atoms. The van der Waals surface area contributed by atoms with Crippen LogP contribution in [-0.4, -0.2) is 125 Å². The third-order valence-electron chi connectivity index (χ3n) is 12.2. The lowest BCUT2D eigenvalue weighted by atomic mass is 9.89. The van der Waals surface area contributed by atoms with Crippen molar-refractivity contribution in [3.63, 3.8) is 0 Å². The number of nitrogens with one attached hydrogen (secondary N) is 3. The van der Waals surface area contributed by atoms with Crippen LogP contribution in [-0.2, 0) is 29.1 Å². The maximum Gasteiger partial charge on any atom is 0.408 e. The van der Waals surface area contributed by atoms with Crippen LogP contribution in [0.5, 0.6) is 11.5 Å². The molecule has 6 atom stereocenters. The largest absolute Gasteiger partial charge is 0.497 e. The maximum atomic E-state index is 14.9. The van der Waals surface area contributed by atoms with E-state index in [4.69, 9.17) is 24.2 Å². The van der Waals surface area contributed by atoms with E-state index in [-0.39, 0.29) is 44.1 Å². The van der Waals surface area contributed by atoms with Crippen LogP contribution < -0.4 is 25.4 Å². The van der Waals surface area contributed by atoms with Gasteiger partial charge in [0.15, 0.2) is 5.13 Å². The number of ether oxygens (including phenoxy) is 3. The summed E-state index contributed by atoms with van der Waals surface area (Å²) in [4.78, 5) is 66.7. The Hall–Kier alpha value is -5.01. The van der Waals surface area contributed by atoms with Gasteiger partial charge < -0.3 is 40.2 Å². The number of rotatable bonds is 11. The fourth-order valence-corrected chi connectivity index (χ4v) is 10.8. The number of hydrogen-bond donors (Lipinski definition) is 4. The number of anilines is 1. The van der Waals surface area contributed by atoms with Crippen molar-refractivity contribution in [3.8, 4) is 22.9 Å². The Balaban J connectivity index is 1.19. The number of amides is 3. The highest BCUT2D eigenvalue weighted by Crippen LogP contribution is 2.46. The van der Waals surface area contributed by atoms with Gasteiger partial charge in [-0.2, -0.15) is 4.31 Å². The van der Waals surface area contributed by atoms with E-state index in [1.807, 2.05) is 58.2 Å². The van der Waals surface area contributed by atoms with Crippen molar-refractivity contribution < 1.29 is 46.9 Å². The molecule has 3 aliphatic heterocycles. The van der Waals surface area contributed by atoms with Crippen LogP contribution in [0.15, 0.2) is 41.8 Å². The lowest BCUT2D eigenvalue weighted by Gasteiger charge is -2.34. The van der Waals surface area contributed by atoms with Gasteiger partial charge in [-0.15, -0.1) is 11.3 Å². The number of hydrogen-bond acceptors (Lipinski definition) is 13. The normalized spacial score (nSPS) is 26.4. The van der Waals surface area contributed by atoms with Crippen molar-refractivity contribution in [3.05, 3.63) is 41.8 Å². The summed E-state index contributed by atoms with van der Waals surface area (Å²) in [6, 6.07) is 5.08. The monoisotopic (exact) mass is 909 g/mol. The smallest absolute Gasteiger partial charge is 0.408 e. The number of nitrogens with zero attached hydrogens (tertiary/aromatic N) is 4. The number of carbonyl (C=O) groups excluding carboxylic acids is 3. The van der Waals surface area contributed by atoms with Crippen LogP contribution in [0.1, 0.15) is 86.0 Å². The Morgan fingerprint density at radius 1 is 1.10 bits per heavy atom. The molecule has 1 aromatic carbocycles. The third kappa shape index (κ3) is 10.5. The number of carbonyl (C=O) groups is 4. The Morgan fingerprint density at radius 2 is 1.89 bits per heavy atom. The molecule has 1 saturated carbocycles. The summed E-state index contributed by atoms with van der Waals surface area (Å²) >= 11 is 1.45. The molecule has 4 N–H and O–H groups in total. The van der Waals surface area contributed by atoms with E-state index in [1.165, 1.54) is 20.5 Å². The van der Waals surface area contributed by atoms with Gasteiger partial charge in [-0.1, -0.05) is 45.8 Å². The molecule has 3 aromatic rings. The molecule has 342 valence electrons. The number of thiazole rings is 1. The Morgan fingerprint density at radius 3 is 2.59 bits per heavy atom. The number of carboxylic acids is 1. The summed E-state index contributed by atoms with van der Waals surface area (Å²) in [6.07, 6.45) is 5.02. The molecule has 3 fully saturated rings. The van der Waals surface area contributed by atoms with E-state index in [0.29, 0.717) is 59.6 Å². The number of sulfonamides is 1. The lowest BCUT2D eigenvalue weighted by molar-refractivity contribution is -0.145. The Labute approximate surface area is 372 Å². The minimum Gasteiger partial charge on any atom is -0.497 e. The molecule has 0 spiro atoms. The molecule has 7 rings (SSSR count). The van der Waals surface area contributed by atoms with Crippen LogP contribution in [0.3, 0.4) is 0 Å². The molecule has 5 heterocycles. The van der Waals surface area contributed by atoms with Crippen molar-refractivity contribution in [2.24, 2.45) is 11.3 Å². The van der Waals surface area contributed by atoms with Gasteiger partial charge in [0.2, 0.25) is 21.8 Å². The topological polar surface area (TPSA) is 219 Å². The van der Waals surface area contributed by atoms with Crippen LogP contribution in [0.4, 0.5) is 9.93 Å². The number of pyridine rings is 1. The van der Waals surface area contributed by atoms with Crippen molar-refractivity contribution >= 4 is 61.3 Å². The summed E-state index contributed by atoms with van der Waals surface area (Å²) in [6.45, 7) is 9.84. The molecule has 2 unspecified atom stereocenters. The number of carboxylic acid groups (broad SMARTS) is 1. The van der Waals surface area contributed by atoms with Gasteiger partial charge in [0, 0.05) is 53.2 Å². The van der Waals surface area contributed by atoms with Gasteiger partial charge >= 0.3 is 12.1 Å². The molecular weight excluding hydrogens is 851 g/mol. The van der Waals surface area contributed by atoms with Crippen LogP contribution in [0, 0.1) is 11.3 Å². The minimum absolute atomic E-state index is 0.0236. The quantitative estimate of drug-likeness (QED) is 0.174. The number of aliphatic carboxylic acids is 1. The third-order valence-corrected chi connectivity index (χ3v) is 14.8. The number of benzene rings is 1. The van der Waals surface area contributed by atoms with Crippen LogP contribution in [0.25, 0.3) is 22.3 Å². The predicted molar refractivity (Wildman–Crippen MR) is 238 cm³/mol. The van der Waals surface area contributed by atoms with Crippen molar-refractivity contribution in [2.45, 2.75) is 122 Å². The zero-order valence-corrected chi connectivity index (χ0v) is 38.4. The number of alkyl carbamates (subject to hydrolysis) is 1.